The Bertz CT molecular complexity index is 1520. The minimum atomic E-state index is -4.09. The van der Waals surface area contributed by atoms with Gasteiger partial charge in [0.1, 0.15) is 34.0 Å². The molecule has 13 nitrogen and oxygen atoms in total. The predicted octanol–water partition coefficient (Wildman–Crippen LogP) is 2.35. The van der Waals surface area contributed by atoms with Crippen LogP contribution in [0, 0.1) is 6.92 Å². The van der Waals surface area contributed by atoms with Crippen LogP contribution >= 0.6 is 0 Å². The summed E-state index contributed by atoms with van der Waals surface area (Å²) in [5, 5.41) is 10.4. The Labute approximate surface area is 226 Å². The lowest BCUT2D eigenvalue weighted by Crippen LogP contribution is -2.40. The number of aromatic nitrogens is 6. The third kappa shape index (κ3) is 5.61. The smallest absolute Gasteiger partial charge is 0.252 e. The molecule has 39 heavy (non-hydrogen) atoms. The molecule has 2 atom stereocenters. The molecule has 0 aliphatic heterocycles. The first-order valence-electron chi connectivity index (χ1n) is 11.9. The quantitative estimate of drug-likeness (QED) is 0.281. The third-order valence-corrected chi connectivity index (χ3v) is 7.75. The second-order valence-electron chi connectivity index (χ2n) is 8.53. The van der Waals surface area contributed by atoms with E-state index in [1.807, 2.05) is 6.92 Å². The zero-order chi connectivity index (χ0) is 28.2. The van der Waals surface area contributed by atoms with Gasteiger partial charge in [-0.3, -0.25) is 0 Å². The minimum Gasteiger partial charge on any atom is -0.496 e. The van der Waals surface area contributed by atoms with E-state index in [-0.39, 0.29) is 11.4 Å². The van der Waals surface area contributed by atoms with Crippen molar-refractivity contribution in [2.75, 3.05) is 33.2 Å². The lowest BCUT2D eigenvalue weighted by Gasteiger charge is -2.23. The Morgan fingerprint density at radius 3 is 2.18 bits per heavy atom. The molecule has 0 aliphatic carbocycles. The molecular formula is C25H30N8O5S. The van der Waals surface area contributed by atoms with Crippen molar-refractivity contribution in [1.82, 2.24) is 35.4 Å². The first-order valence-corrected chi connectivity index (χ1v) is 13.4. The van der Waals surface area contributed by atoms with E-state index in [0.717, 1.165) is 10.4 Å². The van der Waals surface area contributed by atoms with Crippen LogP contribution in [0.15, 0.2) is 48.8 Å². The Hall–Kier alpha value is -4.30. The van der Waals surface area contributed by atoms with E-state index in [1.165, 1.54) is 21.3 Å². The van der Waals surface area contributed by atoms with Crippen LogP contribution in [-0.2, 0) is 10.0 Å². The van der Waals surface area contributed by atoms with Crippen LogP contribution in [0.5, 0.6) is 17.4 Å². The fourth-order valence-corrected chi connectivity index (χ4v) is 5.16. The van der Waals surface area contributed by atoms with Gasteiger partial charge in [0, 0.05) is 18.5 Å². The van der Waals surface area contributed by atoms with Gasteiger partial charge in [-0.1, -0.05) is 12.1 Å². The highest BCUT2D eigenvalue weighted by atomic mass is 32.2. The van der Waals surface area contributed by atoms with E-state index in [2.05, 4.69) is 35.4 Å². The summed E-state index contributed by atoms with van der Waals surface area (Å²) in [6.45, 7) is 3.41. The third-order valence-electron chi connectivity index (χ3n) is 6.07. The second-order valence-corrected chi connectivity index (χ2v) is 10.5. The van der Waals surface area contributed by atoms with E-state index < -0.39 is 21.3 Å². The number of nitrogens with zero attached hydrogens (tertiary/aromatic N) is 6. The van der Waals surface area contributed by atoms with Gasteiger partial charge in [-0.05, 0) is 49.9 Å². The molecular weight excluding hydrogens is 524 g/mol. The molecule has 0 saturated carbocycles. The molecule has 1 aromatic carbocycles. The van der Waals surface area contributed by atoms with E-state index in [1.54, 1.807) is 62.8 Å². The number of sulfonamides is 1. The average molecular weight is 555 g/mol. The monoisotopic (exact) mass is 554 g/mol. The topological polar surface area (TPSA) is 155 Å². The van der Waals surface area contributed by atoms with Crippen molar-refractivity contribution in [3.05, 3.63) is 60.2 Å². The molecule has 0 spiro atoms. The number of methoxy groups -OCH3 is 3. The van der Waals surface area contributed by atoms with Gasteiger partial charge in [-0.25, -0.2) is 28.2 Å². The number of hydrogen-bond donors (Lipinski definition) is 2. The van der Waals surface area contributed by atoms with Crippen molar-refractivity contribution in [3.8, 4) is 40.0 Å². The SMILES string of the molecule is CN[C@@H](c1ncc(C)cn1)[C@@H](C)S(=O)(=O)Nn1nnc(-c2cccc(OC)n2)c1-c1c(OC)cccc1OC. The Kier molecular flexibility index (Phi) is 8.26. The molecule has 3 heterocycles. The van der Waals surface area contributed by atoms with Crippen LogP contribution in [0.3, 0.4) is 0 Å². The van der Waals surface area contributed by atoms with Crippen molar-refractivity contribution in [3.63, 3.8) is 0 Å². The Morgan fingerprint density at radius 2 is 1.59 bits per heavy atom. The van der Waals surface area contributed by atoms with Gasteiger partial charge < -0.3 is 19.5 Å². The van der Waals surface area contributed by atoms with Crippen LogP contribution in [0.4, 0.5) is 0 Å². The maximum absolute atomic E-state index is 13.7. The van der Waals surface area contributed by atoms with Crippen molar-refractivity contribution in [1.29, 1.82) is 0 Å². The number of rotatable bonds is 11. The number of ether oxygens (including phenoxy) is 3. The molecule has 14 heteroatoms. The molecule has 0 amide bonds. The predicted molar refractivity (Wildman–Crippen MR) is 145 cm³/mol. The molecule has 0 fully saturated rings. The lowest BCUT2D eigenvalue weighted by atomic mass is 10.1. The van der Waals surface area contributed by atoms with Crippen LogP contribution in [0.25, 0.3) is 22.6 Å². The summed E-state index contributed by atoms with van der Waals surface area (Å²) in [6.07, 6.45) is 3.27. The molecule has 206 valence electrons. The number of nitrogens with one attached hydrogen (secondary N) is 2. The molecule has 0 saturated heterocycles. The van der Waals surface area contributed by atoms with Crippen molar-refractivity contribution in [2.45, 2.75) is 25.1 Å². The lowest BCUT2D eigenvalue weighted by molar-refractivity contribution is 0.396. The minimum absolute atomic E-state index is 0.258. The largest absolute Gasteiger partial charge is 0.496 e. The average Bonchev–Trinajstić information content (AvgIpc) is 3.35. The molecule has 4 aromatic rings. The molecule has 0 radical (unpaired) electrons. The number of hydrogen-bond acceptors (Lipinski definition) is 11. The van der Waals surface area contributed by atoms with E-state index in [9.17, 15) is 8.42 Å². The van der Waals surface area contributed by atoms with Gasteiger partial charge in [-0.15, -0.1) is 9.89 Å². The van der Waals surface area contributed by atoms with Gasteiger partial charge in [0.25, 0.3) is 10.0 Å². The fraction of sp³-hybridized carbons (Fsp3) is 0.320. The summed E-state index contributed by atoms with van der Waals surface area (Å²) in [5.41, 5.74) is 2.22. The zero-order valence-corrected chi connectivity index (χ0v) is 23.2. The van der Waals surface area contributed by atoms with Gasteiger partial charge >= 0.3 is 0 Å². The molecule has 3 aromatic heterocycles. The standard InChI is InChI=1S/C25H30N8O5S/c1-15-13-27-25(28-14-15)22(26-3)16(2)39(34,35)32-33-24(21-18(36-4)10-8-11-19(21)37-5)23(30-31-33)17-9-7-12-20(29-17)38-6/h7-14,16,22,26,32H,1-6H3/t16-,22-/m1/s1. The normalized spacial score (nSPS) is 13.0. The highest BCUT2D eigenvalue weighted by Crippen LogP contribution is 2.42. The Morgan fingerprint density at radius 1 is 0.949 bits per heavy atom. The van der Waals surface area contributed by atoms with E-state index in [4.69, 9.17) is 14.2 Å². The molecule has 4 rings (SSSR count). The Balaban J connectivity index is 1.85. The van der Waals surface area contributed by atoms with E-state index >= 15 is 0 Å². The summed E-state index contributed by atoms with van der Waals surface area (Å²) in [5.74, 6) is 1.52. The summed E-state index contributed by atoms with van der Waals surface area (Å²) >= 11 is 0. The number of benzene rings is 1. The van der Waals surface area contributed by atoms with E-state index in [0.29, 0.717) is 34.5 Å². The summed E-state index contributed by atoms with van der Waals surface area (Å²) in [6, 6.07) is 9.63. The van der Waals surface area contributed by atoms with Crippen LogP contribution in [0.2, 0.25) is 0 Å². The summed E-state index contributed by atoms with van der Waals surface area (Å²) in [7, 11) is 2.05. The van der Waals surface area contributed by atoms with Crippen molar-refractivity contribution in [2.24, 2.45) is 0 Å². The molecule has 2 N–H and O–H groups in total. The van der Waals surface area contributed by atoms with Crippen molar-refractivity contribution >= 4 is 10.0 Å². The molecule has 0 aliphatic rings. The summed E-state index contributed by atoms with van der Waals surface area (Å²) < 4.78 is 43.9. The number of pyridine rings is 1. The van der Waals surface area contributed by atoms with Gasteiger partial charge in [0.2, 0.25) is 5.88 Å². The summed E-state index contributed by atoms with van der Waals surface area (Å²) in [4.78, 5) is 16.7. The maximum Gasteiger partial charge on any atom is 0.252 e. The second kappa shape index (κ2) is 11.6. The number of aryl methyl sites for hydroxylation is 1. The molecule has 0 unspecified atom stereocenters. The van der Waals surface area contributed by atoms with Gasteiger partial charge in [-0.2, -0.15) is 0 Å². The van der Waals surface area contributed by atoms with Crippen LogP contribution < -0.4 is 24.4 Å². The highest BCUT2D eigenvalue weighted by molar-refractivity contribution is 7.92. The van der Waals surface area contributed by atoms with Crippen LogP contribution in [-0.4, -0.2) is 72.1 Å². The first-order chi connectivity index (χ1) is 18.7. The first kappa shape index (κ1) is 27.7. The zero-order valence-electron chi connectivity index (χ0n) is 22.4. The van der Waals surface area contributed by atoms with Gasteiger partial charge in [0.05, 0.1) is 38.6 Å². The highest BCUT2D eigenvalue weighted by Gasteiger charge is 2.34. The van der Waals surface area contributed by atoms with Crippen LogP contribution in [0.1, 0.15) is 24.4 Å². The van der Waals surface area contributed by atoms with Crippen molar-refractivity contribution < 1.29 is 22.6 Å². The maximum atomic E-state index is 13.7. The fourth-order valence-electron chi connectivity index (χ4n) is 4.01. The molecule has 0 bridgehead atoms. The van der Waals surface area contributed by atoms with Gasteiger partial charge in [0.15, 0.2) is 0 Å².